The predicted octanol–water partition coefficient (Wildman–Crippen LogP) is 2.42. The molecule has 106 valence electrons. The van der Waals surface area contributed by atoms with E-state index in [1.54, 1.807) is 19.9 Å². The standard InChI is InChI=1S/C14H20FNO3/c1-14(2,13(17)18)6-7-16-9-10-8-11(15)4-5-12(10)19-3/h4-5,8,16H,6-7,9H2,1-3H3,(H,17,18). The van der Waals surface area contributed by atoms with Crippen LogP contribution in [0, 0.1) is 11.2 Å². The first kappa shape index (κ1) is 15.4. The van der Waals surface area contributed by atoms with Crippen molar-refractivity contribution in [1.29, 1.82) is 0 Å². The lowest BCUT2D eigenvalue weighted by molar-refractivity contribution is -0.147. The van der Waals surface area contributed by atoms with Gasteiger partial charge in [0.15, 0.2) is 0 Å². The molecule has 0 fully saturated rings. The van der Waals surface area contributed by atoms with E-state index in [0.717, 1.165) is 5.56 Å². The predicted molar refractivity (Wildman–Crippen MR) is 70.7 cm³/mol. The van der Waals surface area contributed by atoms with Crippen molar-refractivity contribution in [1.82, 2.24) is 5.32 Å². The molecule has 0 aliphatic carbocycles. The van der Waals surface area contributed by atoms with Crippen molar-refractivity contribution in [3.05, 3.63) is 29.6 Å². The Kier molecular flexibility index (Phi) is 5.30. The van der Waals surface area contributed by atoms with E-state index in [9.17, 15) is 9.18 Å². The number of carboxylic acid groups (broad SMARTS) is 1. The molecule has 1 aromatic rings. The molecule has 0 atom stereocenters. The van der Waals surface area contributed by atoms with Crippen LogP contribution in [0.5, 0.6) is 5.75 Å². The van der Waals surface area contributed by atoms with Gasteiger partial charge in [0.05, 0.1) is 12.5 Å². The Labute approximate surface area is 112 Å². The summed E-state index contributed by atoms with van der Waals surface area (Å²) >= 11 is 0. The van der Waals surface area contributed by atoms with Crippen molar-refractivity contribution in [3.8, 4) is 5.75 Å². The van der Waals surface area contributed by atoms with Crippen molar-refractivity contribution in [2.75, 3.05) is 13.7 Å². The molecule has 0 saturated carbocycles. The van der Waals surface area contributed by atoms with Gasteiger partial charge < -0.3 is 15.2 Å². The first-order chi connectivity index (χ1) is 8.86. The normalized spacial score (nSPS) is 11.4. The molecule has 0 aliphatic heterocycles. The fraction of sp³-hybridized carbons (Fsp3) is 0.500. The molecule has 5 heteroatoms. The van der Waals surface area contributed by atoms with Crippen LogP contribution >= 0.6 is 0 Å². The van der Waals surface area contributed by atoms with Gasteiger partial charge in [-0.1, -0.05) is 0 Å². The van der Waals surface area contributed by atoms with Crippen LogP contribution in [0.3, 0.4) is 0 Å². The molecule has 0 radical (unpaired) electrons. The average Bonchev–Trinajstić information content (AvgIpc) is 2.34. The van der Waals surface area contributed by atoms with Crippen molar-refractivity contribution in [2.45, 2.75) is 26.8 Å². The van der Waals surface area contributed by atoms with Gasteiger partial charge in [-0.3, -0.25) is 4.79 Å². The van der Waals surface area contributed by atoms with E-state index in [1.165, 1.54) is 19.2 Å². The molecule has 0 spiro atoms. The molecular weight excluding hydrogens is 249 g/mol. The van der Waals surface area contributed by atoms with E-state index in [1.807, 2.05) is 0 Å². The van der Waals surface area contributed by atoms with Gasteiger partial charge >= 0.3 is 5.97 Å². The van der Waals surface area contributed by atoms with Gasteiger partial charge in [-0.05, 0) is 45.0 Å². The van der Waals surface area contributed by atoms with Crippen molar-refractivity contribution < 1.29 is 19.0 Å². The van der Waals surface area contributed by atoms with Crippen LogP contribution in [0.15, 0.2) is 18.2 Å². The summed E-state index contributed by atoms with van der Waals surface area (Å²) in [6, 6.07) is 4.33. The van der Waals surface area contributed by atoms with Crippen LogP contribution in [-0.4, -0.2) is 24.7 Å². The number of carboxylic acids is 1. The first-order valence-corrected chi connectivity index (χ1v) is 6.13. The van der Waals surface area contributed by atoms with Crippen LogP contribution in [0.1, 0.15) is 25.8 Å². The van der Waals surface area contributed by atoms with Gasteiger partial charge in [-0.25, -0.2) is 4.39 Å². The summed E-state index contributed by atoms with van der Waals surface area (Å²) in [7, 11) is 1.53. The lowest BCUT2D eigenvalue weighted by Gasteiger charge is -2.19. The number of halogens is 1. The number of hydrogen-bond donors (Lipinski definition) is 2. The average molecular weight is 269 g/mol. The second-order valence-electron chi connectivity index (χ2n) is 5.07. The number of nitrogens with one attached hydrogen (secondary N) is 1. The molecule has 0 bridgehead atoms. The Balaban J connectivity index is 2.50. The van der Waals surface area contributed by atoms with E-state index in [0.29, 0.717) is 25.3 Å². The summed E-state index contributed by atoms with van der Waals surface area (Å²) < 4.78 is 18.3. The molecule has 1 aromatic carbocycles. The molecule has 0 aliphatic rings. The first-order valence-electron chi connectivity index (χ1n) is 6.13. The Morgan fingerprint density at radius 1 is 1.47 bits per heavy atom. The lowest BCUT2D eigenvalue weighted by Crippen LogP contribution is -2.28. The van der Waals surface area contributed by atoms with E-state index >= 15 is 0 Å². The van der Waals surface area contributed by atoms with Crippen LogP contribution in [0.4, 0.5) is 4.39 Å². The SMILES string of the molecule is COc1ccc(F)cc1CNCCC(C)(C)C(=O)O. The van der Waals surface area contributed by atoms with Crippen molar-refractivity contribution in [2.24, 2.45) is 5.41 Å². The minimum atomic E-state index is -0.822. The van der Waals surface area contributed by atoms with Crippen LogP contribution in [0.25, 0.3) is 0 Å². The summed E-state index contributed by atoms with van der Waals surface area (Å²) in [6.07, 6.45) is 0.500. The highest BCUT2D eigenvalue weighted by Gasteiger charge is 2.26. The maximum atomic E-state index is 13.1. The maximum Gasteiger partial charge on any atom is 0.309 e. The van der Waals surface area contributed by atoms with Gasteiger partial charge in [-0.15, -0.1) is 0 Å². The van der Waals surface area contributed by atoms with E-state index in [4.69, 9.17) is 9.84 Å². The monoisotopic (exact) mass is 269 g/mol. The molecule has 0 aromatic heterocycles. The molecule has 0 saturated heterocycles. The zero-order valence-electron chi connectivity index (χ0n) is 11.5. The van der Waals surface area contributed by atoms with Crippen LogP contribution in [-0.2, 0) is 11.3 Å². The second-order valence-corrected chi connectivity index (χ2v) is 5.07. The molecule has 1 rings (SSSR count). The van der Waals surface area contributed by atoms with Gasteiger partial charge in [0.1, 0.15) is 11.6 Å². The number of rotatable bonds is 7. The summed E-state index contributed by atoms with van der Waals surface area (Å²) in [4.78, 5) is 10.9. The van der Waals surface area contributed by atoms with Crippen molar-refractivity contribution in [3.63, 3.8) is 0 Å². The zero-order chi connectivity index (χ0) is 14.5. The minimum absolute atomic E-state index is 0.316. The molecule has 0 heterocycles. The van der Waals surface area contributed by atoms with Crippen molar-refractivity contribution >= 4 is 5.97 Å². The van der Waals surface area contributed by atoms with Gasteiger partial charge in [0, 0.05) is 12.1 Å². The van der Waals surface area contributed by atoms with Crippen LogP contribution in [0.2, 0.25) is 0 Å². The Morgan fingerprint density at radius 2 is 2.16 bits per heavy atom. The fourth-order valence-corrected chi connectivity index (χ4v) is 1.62. The number of methoxy groups -OCH3 is 1. The number of carbonyl (C=O) groups is 1. The second kappa shape index (κ2) is 6.52. The third kappa shape index (κ3) is 4.52. The molecule has 0 unspecified atom stereocenters. The van der Waals surface area contributed by atoms with Gasteiger partial charge in [0.2, 0.25) is 0 Å². The van der Waals surface area contributed by atoms with E-state index < -0.39 is 11.4 Å². The number of ether oxygens (including phenoxy) is 1. The molecule has 2 N–H and O–H groups in total. The summed E-state index contributed by atoms with van der Waals surface area (Å²) in [5.74, 6) is -0.521. The topological polar surface area (TPSA) is 58.6 Å². The summed E-state index contributed by atoms with van der Waals surface area (Å²) in [6.45, 7) is 4.34. The number of benzene rings is 1. The highest BCUT2D eigenvalue weighted by atomic mass is 19.1. The highest BCUT2D eigenvalue weighted by molar-refractivity contribution is 5.73. The molecule has 0 amide bonds. The zero-order valence-corrected chi connectivity index (χ0v) is 11.5. The fourth-order valence-electron chi connectivity index (χ4n) is 1.62. The Hall–Kier alpha value is -1.62. The van der Waals surface area contributed by atoms with Gasteiger partial charge in [-0.2, -0.15) is 0 Å². The molecule has 4 nitrogen and oxygen atoms in total. The number of hydrogen-bond acceptors (Lipinski definition) is 3. The molecular formula is C14H20FNO3. The quantitative estimate of drug-likeness (QED) is 0.746. The number of aliphatic carboxylic acids is 1. The van der Waals surface area contributed by atoms with Gasteiger partial charge in [0.25, 0.3) is 0 Å². The van der Waals surface area contributed by atoms with E-state index in [2.05, 4.69) is 5.32 Å². The minimum Gasteiger partial charge on any atom is -0.496 e. The third-order valence-corrected chi connectivity index (χ3v) is 3.06. The van der Waals surface area contributed by atoms with E-state index in [-0.39, 0.29) is 5.82 Å². The summed E-state index contributed by atoms with van der Waals surface area (Å²) in [5, 5.41) is 12.1. The Morgan fingerprint density at radius 3 is 2.74 bits per heavy atom. The molecule has 19 heavy (non-hydrogen) atoms. The highest BCUT2D eigenvalue weighted by Crippen LogP contribution is 2.21. The Bertz CT molecular complexity index is 446. The third-order valence-electron chi connectivity index (χ3n) is 3.06. The summed E-state index contributed by atoms with van der Waals surface area (Å²) in [5.41, 5.74) is -0.0467. The lowest BCUT2D eigenvalue weighted by atomic mass is 9.90. The smallest absolute Gasteiger partial charge is 0.309 e. The maximum absolute atomic E-state index is 13.1. The largest absolute Gasteiger partial charge is 0.496 e. The van der Waals surface area contributed by atoms with Crippen LogP contribution < -0.4 is 10.1 Å².